The molecule has 3 aliphatic rings. The molecule has 2 unspecified atom stereocenters. The molecule has 1 aromatic rings. The molecule has 2 aliphatic carbocycles. The van der Waals surface area contributed by atoms with Gasteiger partial charge in [-0.15, -0.1) is 0 Å². The molecule has 2 fully saturated rings. The van der Waals surface area contributed by atoms with Crippen LogP contribution in [0.3, 0.4) is 0 Å². The van der Waals surface area contributed by atoms with Crippen LogP contribution in [0.5, 0.6) is 5.75 Å². The quantitative estimate of drug-likeness (QED) is 0.767. The number of likely N-dealkylation sites (N-methyl/N-ethyl adjacent to an activating group) is 1. The average Bonchev–Trinajstić information content (AvgIpc) is 2.51. The van der Waals surface area contributed by atoms with Crippen LogP contribution in [0.1, 0.15) is 56.7 Å². The van der Waals surface area contributed by atoms with E-state index in [0.717, 1.165) is 37.8 Å². The Morgan fingerprint density at radius 2 is 1.88 bits per heavy atom. The Kier molecular flexibility index (Phi) is 3.26. The van der Waals surface area contributed by atoms with Gasteiger partial charge in [-0.1, -0.05) is 26.8 Å². The van der Waals surface area contributed by atoms with Gasteiger partial charge in [0.25, 0.3) is 0 Å². The zero-order chi connectivity index (χ0) is 17.5. The average molecular weight is 329 g/mol. The summed E-state index contributed by atoms with van der Waals surface area (Å²) in [6, 6.07) is 4.49. The lowest BCUT2D eigenvalue weighted by molar-refractivity contribution is -0.178. The van der Waals surface area contributed by atoms with Gasteiger partial charge in [0.15, 0.2) is 0 Å². The molecule has 1 aliphatic heterocycles. The van der Waals surface area contributed by atoms with Crippen LogP contribution in [0.2, 0.25) is 0 Å². The van der Waals surface area contributed by atoms with Crippen LogP contribution in [0.4, 0.5) is 0 Å². The fraction of sp³-hybridized carbons (Fsp3) is 0.714. The Morgan fingerprint density at radius 3 is 2.58 bits per heavy atom. The van der Waals surface area contributed by atoms with Crippen LogP contribution >= 0.6 is 0 Å². The summed E-state index contributed by atoms with van der Waals surface area (Å²) in [5.41, 5.74) is 3.61. The Labute approximate surface area is 145 Å². The molecule has 2 bridgehead atoms. The summed E-state index contributed by atoms with van der Waals surface area (Å²) >= 11 is 0. The maximum Gasteiger partial charge on any atom is 0.118 e. The Bertz CT molecular complexity index is 697. The zero-order valence-electron chi connectivity index (χ0n) is 15.7. The molecule has 1 saturated heterocycles. The molecule has 24 heavy (non-hydrogen) atoms. The molecule has 3 nitrogen and oxygen atoms in total. The number of likely N-dealkylation sites (tertiary alicyclic amines) is 1. The Balaban J connectivity index is 2.10. The normalized spacial score (nSPS) is 40.8. The zero-order valence-corrected chi connectivity index (χ0v) is 15.7. The SMILES string of the molecule is Cc1c(O)ccc2c1[C@]13CCN(C)[C@H](C2)C1(C)CCC(O)C3(C)C. The van der Waals surface area contributed by atoms with E-state index < -0.39 is 0 Å². The summed E-state index contributed by atoms with van der Waals surface area (Å²) in [4.78, 5) is 2.54. The van der Waals surface area contributed by atoms with Crippen molar-refractivity contribution in [1.82, 2.24) is 4.90 Å². The van der Waals surface area contributed by atoms with E-state index >= 15 is 0 Å². The number of fused-ring (bicyclic) bond motifs is 1. The highest BCUT2D eigenvalue weighted by Gasteiger charge is 2.69. The molecule has 4 atom stereocenters. The van der Waals surface area contributed by atoms with E-state index in [9.17, 15) is 10.2 Å². The molecular weight excluding hydrogens is 298 g/mol. The third-order valence-electron chi connectivity index (χ3n) is 8.31. The summed E-state index contributed by atoms with van der Waals surface area (Å²) in [5.74, 6) is 0.402. The molecule has 0 spiro atoms. The number of phenolic OH excluding ortho intramolecular Hbond substituents is 1. The first kappa shape index (κ1) is 16.4. The van der Waals surface area contributed by atoms with E-state index in [1.54, 1.807) is 0 Å². The van der Waals surface area contributed by atoms with Gasteiger partial charge in [0.2, 0.25) is 0 Å². The van der Waals surface area contributed by atoms with Crippen molar-refractivity contribution in [2.45, 2.75) is 70.9 Å². The minimum absolute atomic E-state index is 0.0781. The van der Waals surface area contributed by atoms with Gasteiger partial charge in [0.1, 0.15) is 5.75 Å². The number of aliphatic hydroxyl groups is 1. The van der Waals surface area contributed by atoms with Gasteiger partial charge in [-0.2, -0.15) is 0 Å². The van der Waals surface area contributed by atoms with E-state index in [1.807, 2.05) is 6.07 Å². The van der Waals surface area contributed by atoms with E-state index in [1.165, 1.54) is 11.1 Å². The minimum Gasteiger partial charge on any atom is -0.508 e. The minimum atomic E-state index is -0.290. The number of aromatic hydroxyl groups is 1. The standard InChI is InChI=1S/C21H31NO2/c1-13-15(23)7-6-14-12-16-20(4)9-8-17(24)19(2,3)21(20,18(13)14)10-11-22(16)5/h6-7,16-17,23-24H,8-12H2,1-5H3/t16-,17?,20?,21+/m1/s1. The second-order valence-corrected chi connectivity index (χ2v) is 9.29. The predicted molar refractivity (Wildman–Crippen MR) is 96.4 cm³/mol. The number of rotatable bonds is 0. The van der Waals surface area contributed by atoms with E-state index in [-0.39, 0.29) is 22.3 Å². The fourth-order valence-corrected chi connectivity index (χ4v) is 6.92. The summed E-state index contributed by atoms with van der Waals surface area (Å²) in [7, 11) is 2.26. The van der Waals surface area contributed by atoms with Crippen molar-refractivity contribution in [3.8, 4) is 5.75 Å². The van der Waals surface area contributed by atoms with Crippen molar-refractivity contribution in [1.29, 1.82) is 0 Å². The number of piperidine rings is 1. The molecule has 132 valence electrons. The first-order chi connectivity index (χ1) is 11.2. The largest absolute Gasteiger partial charge is 0.508 e. The summed E-state index contributed by atoms with van der Waals surface area (Å²) in [5, 5.41) is 21.4. The first-order valence-electron chi connectivity index (χ1n) is 9.37. The molecule has 0 aromatic heterocycles. The number of hydrogen-bond acceptors (Lipinski definition) is 3. The molecule has 4 rings (SSSR count). The second-order valence-electron chi connectivity index (χ2n) is 9.29. The van der Waals surface area contributed by atoms with E-state index in [0.29, 0.717) is 11.8 Å². The van der Waals surface area contributed by atoms with Gasteiger partial charge in [-0.3, -0.25) is 0 Å². The van der Waals surface area contributed by atoms with E-state index in [2.05, 4.69) is 45.7 Å². The molecule has 3 heteroatoms. The summed E-state index contributed by atoms with van der Waals surface area (Å²) < 4.78 is 0. The molecule has 2 N–H and O–H groups in total. The number of hydrogen-bond donors (Lipinski definition) is 2. The maximum absolute atomic E-state index is 11.0. The van der Waals surface area contributed by atoms with Crippen molar-refractivity contribution in [3.63, 3.8) is 0 Å². The second kappa shape index (κ2) is 4.76. The van der Waals surface area contributed by atoms with Gasteiger partial charge in [0.05, 0.1) is 6.10 Å². The molecule has 0 amide bonds. The topological polar surface area (TPSA) is 43.7 Å². The van der Waals surface area contributed by atoms with Gasteiger partial charge < -0.3 is 15.1 Å². The summed E-state index contributed by atoms with van der Waals surface area (Å²) in [6.07, 6.45) is 3.75. The number of benzene rings is 1. The van der Waals surface area contributed by atoms with Crippen molar-refractivity contribution in [2.24, 2.45) is 10.8 Å². The number of aliphatic hydroxyl groups excluding tert-OH is 1. The van der Waals surface area contributed by atoms with Crippen molar-refractivity contribution in [3.05, 3.63) is 28.8 Å². The lowest BCUT2D eigenvalue weighted by atomic mass is 9.36. The molecule has 1 saturated carbocycles. The van der Waals surface area contributed by atoms with Gasteiger partial charge >= 0.3 is 0 Å². The lowest BCUT2D eigenvalue weighted by Gasteiger charge is -2.71. The highest BCUT2D eigenvalue weighted by atomic mass is 16.3. The Hall–Kier alpha value is -1.06. The maximum atomic E-state index is 11.0. The Morgan fingerprint density at radius 1 is 1.17 bits per heavy atom. The van der Waals surface area contributed by atoms with E-state index in [4.69, 9.17) is 0 Å². The molecule has 1 aromatic carbocycles. The van der Waals surface area contributed by atoms with Crippen LogP contribution in [0.25, 0.3) is 0 Å². The number of nitrogens with zero attached hydrogens (tertiary/aromatic N) is 1. The van der Waals surface area contributed by atoms with Crippen LogP contribution in [-0.4, -0.2) is 40.9 Å². The smallest absolute Gasteiger partial charge is 0.118 e. The van der Waals surface area contributed by atoms with Crippen LogP contribution in [-0.2, 0) is 11.8 Å². The first-order valence-corrected chi connectivity index (χ1v) is 9.37. The predicted octanol–water partition coefficient (Wildman–Crippen LogP) is 3.39. The van der Waals surface area contributed by atoms with Crippen molar-refractivity contribution >= 4 is 0 Å². The van der Waals surface area contributed by atoms with Gasteiger partial charge in [-0.25, -0.2) is 0 Å². The third-order valence-corrected chi connectivity index (χ3v) is 8.31. The van der Waals surface area contributed by atoms with Gasteiger partial charge in [0, 0.05) is 16.9 Å². The fourth-order valence-electron chi connectivity index (χ4n) is 6.92. The van der Waals surface area contributed by atoms with Gasteiger partial charge in [-0.05, 0) is 74.4 Å². The highest BCUT2D eigenvalue weighted by Crippen LogP contribution is 2.69. The molecular formula is C21H31NO2. The highest BCUT2D eigenvalue weighted by molar-refractivity contribution is 5.54. The lowest BCUT2D eigenvalue weighted by Crippen LogP contribution is -2.73. The van der Waals surface area contributed by atoms with Crippen LogP contribution < -0.4 is 0 Å². The number of phenols is 1. The van der Waals surface area contributed by atoms with Crippen LogP contribution in [0.15, 0.2) is 12.1 Å². The monoisotopic (exact) mass is 329 g/mol. The van der Waals surface area contributed by atoms with Crippen molar-refractivity contribution in [2.75, 3.05) is 13.6 Å². The van der Waals surface area contributed by atoms with Crippen molar-refractivity contribution < 1.29 is 10.2 Å². The van der Waals surface area contributed by atoms with Crippen LogP contribution in [0, 0.1) is 17.8 Å². The molecule has 0 radical (unpaired) electrons. The third kappa shape index (κ3) is 1.61. The molecule has 1 heterocycles. The summed E-state index contributed by atoms with van der Waals surface area (Å²) in [6.45, 7) is 10.1.